The topological polar surface area (TPSA) is 52.6 Å². The van der Waals surface area contributed by atoms with Crippen molar-refractivity contribution in [2.45, 2.75) is 49.6 Å². The summed E-state index contributed by atoms with van der Waals surface area (Å²) < 4.78 is 10.9. The SMILES string of the molecule is CCOC(=O)C1C2CCC(I)C(OC(C)=O)CCC21. The van der Waals surface area contributed by atoms with Crippen molar-refractivity contribution in [1.29, 1.82) is 0 Å². The van der Waals surface area contributed by atoms with Crippen LogP contribution in [0.2, 0.25) is 0 Å². The fourth-order valence-electron chi connectivity index (χ4n) is 3.24. The highest BCUT2D eigenvalue weighted by atomic mass is 127. The summed E-state index contributed by atoms with van der Waals surface area (Å²) in [6.07, 6.45) is 3.88. The molecule has 0 spiro atoms. The van der Waals surface area contributed by atoms with E-state index in [1.807, 2.05) is 6.92 Å². The molecule has 0 radical (unpaired) electrons. The van der Waals surface area contributed by atoms with E-state index in [4.69, 9.17) is 9.47 Å². The van der Waals surface area contributed by atoms with Gasteiger partial charge in [0.05, 0.1) is 12.5 Å². The lowest BCUT2D eigenvalue weighted by atomic mass is 9.98. The zero-order valence-electron chi connectivity index (χ0n) is 11.4. The Morgan fingerprint density at radius 3 is 2.37 bits per heavy atom. The lowest BCUT2D eigenvalue weighted by Crippen LogP contribution is -2.27. The molecular weight excluding hydrogens is 359 g/mol. The quantitative estimate of drug-likeness (QED) is 0.429. The first-order chi connectivity index (χ1) is 9.04. The molecule has 2 rings (SSSR count). The molecule has 5 unspecified atom stereocenters. The van der Waals surface area contributed by atoms with E-state index in [1.54, 1.807) is 0 Å². The van der Waals surface area contributed by atoms with Gasteiger partial charge in [-0.05, 0) is 44.4 Å². The molecule has 2 aliphatic rings. The molecule has 0 aromatic carbocycles. The van der Waals surface area contributed by atoms with Crippen molar-refractivity contribution < 1.29 is 19.1 Å². The van der Waals surface area contributed by atoms with Crippen LogP contribution in [-0.4, -0.2) is 28.6 Å². The van der Waals surface area contributed by atoms with Crippen LogP contribution in [-0.2, 0) is 19.1 Å². The molecule has 2 aliphatic carbocycles. The second kappa shape index (κ2) is 6.41. The summed E-state index contributed by atoms with van der Waals surface area (Å²) in [5.74, 6) is 0.796. The van der Waals surface area contributed by atoms with Gasteiger partial charge in [-0.2, -0.15) is 0 Å². The van der Waals surface area contributed by atoms with Crippen molar-refractivity contribution in [1.82, 2.24) is 0 Å². The molecule has 0 bridgehead atoms. The normalized spacial score (nSPS) is 37.5. The molecular formula is C14H21IO4. The number of alkyl halides is 1. The highest BCUT2D eigenvalue weighted by Crippen LogP contribution is 2.54. The predicted octanol–water partition coefficient (Wildman–Crippen LogP) is 2.72. The molecule has 0 saturated heterocycles. The number of hydrogen-bond donors (Lipinski definition) is 0. The van der Waals surface area contributed by atoms with Gasteiger partial charge in [-0.15, -0.1) is 0 Å². The summed E-state index contributed by atoms with van der Waals surface area (Å²) in [4.78, 5) is 22.9. The van der Waals surface area contributed by atoms with Gasteiger partial charge in [-0.3, -0.25) is 9.59 Å². The second-order valence-electron chi connectivity index (χ2n) is 5.42. The Morgan fingerprint density at radius 1 is 1.16 bits per heavy atom. The van der Waals surface area contributed by atoms with Gasteiger partial charge in [0.25, 0.3) is 0 Å². The average molecular weight is 380 g/mol. The number of esters is 2. The summed E-state index contributed by atoms with van der Waals surface area (Å²) >= 11 is 2.37. The lowest BCUT2D eigenvalue weighted by molar-refractivity contribution is -0.147. The number of fused-ring (bicyclic) bond motifs is 1. The van der Waals surface area contributed by atoms with Gasteiger partial charge in [-0.25, -0.2) is 0 Å². The molecule has 0 aromatic rings. The fraction of sp³-hybridized carbons (Fsp3) is 0.857. The van der Waals surface area contributed by atoms with Gasteiger partial charge in [0.15, 0.2) is 0 Å². The van der Waals surface area contributed by atoms with E-state index in [2.05, 4.69) is 22.6 Å². The van der Waals surface area contributed by atoms with E-state index < -0.39 is 0 Å². The van der Waals surface area contributed by atoms with Crippen molar-refractivity contribution in [2.24, 2.45) is 17.8 Å². The Kier molecular flexibility index (Phi) is 5.09. The molecule has 5 atom stereocenters. The van der Waals surface area contributed by atoms with E-state index in [0.29, 0.717) is 22.4 Å². The summed E-state index contributed by atoms with van der Waals surface area (Å²) in [6, 6.07) is 0. The van der Waals surface area contributed by atoms with Crippen LogP contribution >= 0.6 is 22.6 Å². The smallest absolute Gasteiger partial charge is 0.309 e. The third-order valence-electron chi connectivity index (χ3n) is 4.17. The van der Waals surface area contributed by atoms with Gasteiger partial charge in [0, 0.05) is 10.8 Å². The zero-order valence-corrected chi connectivity index (χ0v) is 13.6. The Hall–Kier alpha value is -0.330. The number of carbonyl (C=O) groups is 2. The summed E-state index contributed by atoms with van der Waals surface area (Å²) in [5, 5.41) is 0. The Bertz CT molecular complexity index is 357. The molecule has 4 nitrogen and oxygen atoms in total. The third kappa shape index (κ3) is 3.61. The largest absolute Gasteiger partial charge is 0.466 e. The number of rotatable bonds is 3. The van der Waals surface area contributed by atoms with Crippen LogP contribution in [0.25, 0.3) is 0 Å². The molecule has 108 valence electrons. The van der Waals surface area contributed by atoms with Crippen molar-refractivity contribution in [3.63, 3.8) is 0 Å². The van der Waals surface area contributed by atoms with Crippen LogP contribution in [0.15, 0.2) is 0 Å². The van der Waals surface area contributed by atoms with Crippen molar-refractivity contribution in [3.8, 4) is 0 Å². The molecule has 0 heterocycles. The molecule has 19 heavy (non-hydrogen) atoms. The van der Waals surface area contributed by atoms with Crippen LogP contribution in [0.3, 0.4) is 0 Å². The van der Waals surface area contributed by atoms with Crippen LogP contribution in [0, 0.1) is 17.8 Å². The molecule has 0 aromatic heterocycles. The maximum atomic E-state index is 11.8. The van der Waals surface area contributed by atoms with Gasteiger partial charge >= 0.3 is 11.9 Å². The summed E-state index contributed by atoms with van der Waals surface area (Å²) in [7, 11) is 0. The highest BCUT2D eigenvalue weighted by Gasteiger charge is 2.55. The molecule has 0 N–H and O–H groups in total. The van der Waals surface area contributed by atoms with E-state index in [1.165, 1.54) is 6.92 Å². The van der Waals surface area contributed by atoms with Gasteiger partial charge in [0.2, 0.25) is 0 Å². The van der Waals surface area contributed by atoms with Crippen LogP contribution in [0.1, 0.15) is 39.5 Å². The minimum Gasteiger partial charge on any atom is -0.466 e. The number of carbonyl (C=O) groups excluding carboxylic acids is 2. The second-order valence-corrected chi connectivity index (χ2v) is 7.02. The lowest BCUT2D eigenvalue weighted by Gasteiger charge is -2.24. The minimum absolute atomic E-state index is 0.00231. The van der Waals surface area contributed by atoms with E-state index >= 15 is 0 Å². The zero-order chi connectivity index (χ0) is 14.0. The molecule has 0 aliphatic heterocycles. The van der Waals surface area contributed by atoms with Gasteiger partial charge in [-0.1, -0.05) is 22.6 Å². The first-order valence-corrected chi connectivity index (χ1v) is 8.27. The molecule has 2 saturated carbocycles. The first-order valence-electron chi connectivity index (χ1n) is 7.02. The molecule has 5 heteroatoms. The van der Waals surface area contributed by atoms with Crippen molar-refractivity contribution in [3.05, 3.63) is 0 Å². The van der Waals surface area contributed by atoms with Crippen LogP contribution in [0.4, 0.5) is 0 Å². The van der Waals surface area contributed by atoms with E-state index in [-0.39, 0.29) is 24.0 Å². The van der Waals surface area contributed by atoms with Gasteiger partial charge < -0.3 is 9.47 Å². The molecule has 2 fully saturated rings. The number of ether oxygens (including phenoxy) is 2. The Balaban J connectivity index is 1.92. The fourth-order valence-corrected chi connectivity index (χ4v) is 4.11. The van der Waals surface area contributed by atoms with Crippen LogP contribution < -0.4 is 0 Å². The van der Waals surface area contributed by atoms with E-state index in [9.17, 15) is 9.59 Å². The standard InChI is InChI=1S/C14H21IO4/c1-3-18-14(17)13-9-4-6-11(15)12(19-8(2)16)7-5-10(9)13/h9-13H,3-7H2,1-2H3. The summed E-state index contributed by atoms with van der Waals surface area (Å²) in [5.41, 5.74) is 0. The first kappa shape index (κ1) is 15.1. The van der Waals surface area contributed by atoms with Crippen LogP contribution in [0.5, 0.6) is 0 Å². The van der Waals surface area contributed by atoms with E-state index in [0.717, 1.165) is 25.7 Å². The van der Waals surface area contributed by atoms with Gasteiger partial charge in [0.1, 0.15) is 6.10 Å². The van der Waals surface area contributed by atoms with Crippen molar-refractivity contribution in [2.75, 3.05) is 6.61 Å². The summed E-state index contributed by atoms with van der Waals surface area (Å²) in [6.45, 7) is 3.77. The Labute approximate surface area is 127 Å². The predicted molar refractivity (Wildman–Crippen MR) is 78.9 cm³/mol. The monoisotopic (exact) mass is 380 g/mol. The highest BCUT2D eigenvalue weighted by molar-refractivity contribution is 14.1. The average Bonchev–Trinajstić information content (AvgIpc) is 3.02. The number of halogens is 1. The maximum absolute atomic E-state index is 11.8. The maximum Gasteiger partial charge on any atom is 0.309 e. The molecule has 0 amide bonds. The number of hydrogen-bond acceptors (Lipinski definition) is 4. The Morgan fingerprint density at radius 2 is 1.79 bits per heavy atom. The van der Waals surface area contributed by atoms with Crippen molar-refractivity contribution >= 4 is 34.5 Å². The third-order valence-corrected chi connectivity index (χ3v) is 5.60. The minimum atomic E-state index is -0.207.